The third-order valence-corrected chi connectivity index (χ3v) is 8.03. The van der Waals surface area contributed by atoms with Crippen molar-refractivity contribution >= 4 is 0 Å². The summed E-state index contributed by atoms with van der Waals surface area (Å²) >= 11 is 0. The van der Waals surface area contributed by atoms with E-state index >= 15 is 0 Å². The average molecular weight is 318 g/mol. The normalized spacial score (nSPS) is 41.7. The van der Waals surface area contributed by atoms with Crippen LogP contribution in [0.5, 0.6) is 0 Å². The Morgan fingerprint density at radius 1 is 1.22 bits per heavy atom. The lowest BCUT2D eigenvalue weighted by Crippen LogP contribution is -2.57. The highest BCUT2D eigenvalue weighted by Crippen LogP contribution is 2.64. The molecule has 0 spiro atoms. The molecule has 0 saturated heterocycles. The molecule has 0 aromatic carbocycles. The van der Waals surface area contributed by atoms with Gasteiger partial charge >= 0.3 is 0 Å². The predicted octanol–water partition coefficient (Wildman–Crippen LogP) is 3.74. The number of aliphatic hydroxyl groups is 2. The van der Waals surface area contributed by atoms with Gasteiger partial charge < -0.3 is 14.6 Å². The van der Waals surface area contributed by atoms with E-state index in [1.54, 1.807) is 0 Å². The first-order chi connectivity index (χ1) is 11.1. The summed E-state index contributed by atoms with van der Waals surface area (Å²) in [4.78, 5) is 0. The molecule has 128 valence electrons. The molecule has 5 atom stereocenters. The highest BCUT2D eigenvalue weighted by Gasteiger charge is 2.59. The first-order valence-corrected chi connectivity index (χ1v) is 9.34. The van der Waals surface area contributed by atoms with Crippen molar-refractivity contribution in [3.63, 3.8) is 0 Å². The van der Waals surface area contributed by atoms with Crippen LogP contribution in [0, 0.1) is 28.6 Å². The number of rotatable bonds is 2. The molecule has 0 amide bonds. The van der Waals surface area contributed by atoms with Crippen molar-refractivity contribution in [1.29, 1.82) is 0 Å². The van der Waals surface area contributed by atoms with E-state index in [9.17, 15) is 10.2 Å². The summed E-state index contributed by atoms with van der Waals surface area (Å²) < 4.78 is 5.81. The number of aliphatic hydroxyl groups excluding tert-OH is 2. The van der Waals surface area contributed by atoms with Crippen LogP contribution in [0.2, 0.25) is 0 Å². The second-order valence-corrected chi connectivity index (χ2v) is 8.73. The van der Waals surface area contributed by atoms with E-state index in [0.717, 1.165) is 31.6 Å². The summed E-state index contributed by atoms with van der Waals surface area (Å²) in [6.07, 6.45) is 8.58. The molecule has 4 rings (SSSR count). The smallest absolute Gasteiger partial charge is 0.107 e. The molecule has 0 unspecified atom stereocenters. The Balaban J connectivity index is 1.74. The van der Waals surface area contributed by atoms with E-state index < -0.39 is 0 Å². The highest BCUT2D eigenvalue weighted by atomic mass is 16.3. The van der Waals surface area contributed by atoms with Gasteiger partial charge in [-0.1, -0.05) is 20.3 Å². The molecule has 3 aliphatic rings. The highest BCUT2D eigenvalue weighted by molar-refractivity contribution is 5.28. The summed E-state index contributed by atoms with van der Waals surface area (Å²) in [5.41, 5.74) is 1.36. The van der Waals surface area contributed by atoms with Gasteiger partial charge in [0.1, 0.15) is 5.76 Å². The van der Waals surface area contributed by atoms with Crippen LogP contribution in [0.25, 0.3) is 0 Å². The average Bonchev–Trinajstić information content (AvgIpc) is 3.03. The zero-order chi connectivity index (χ0) is 16.2. The third kappa shape index (κ3) is 2.02. The van der Waals surface area contributed by atoms with Gasteiger partial charge in [-0.15, -0.1) is 0 Å². The Hall–Kier alpha value is -0.800. The van der Waals surface area contributed by atoms with Crippen LogP contribution < -0.4 is 0 Å². The molecule has 0 radical (unpaired) electrons. The Labute approximate surface area is 139 Å². The number of hydrogen-bond acceptors (Lipinski definition) is 3. The van der Waals surface area contributed by atoms with Crippen molar-refractivity contribution in [2.45, 2.75) is 58.3 Å². The maximum atomic E-state index is 10.1. The molecule has 0 bridgehead atoms. The van der Waals surface area contributed by atoms with Crippen molar-refractivity contribution in [1.82, 2.24) is 0 Å². The van der Waals surface area contributed by atoms with Gasteiger partial charge in [0.25, 0.3) is 0 Å². The molecule has 0 aliphatic heterocycles. The quantitative estimate of drug-likeness (QED) is 0.873. The molecule has 1 heterocycles. The van der Waals surface area contributed by atoms with Crippen molar-refractivity contribution in [3.05, 3.63) is 23.7 Å². The van der Waals surface area contributed by atoms with E-state index in [0.29, 0.717) is 17.8 Å². The van der Waals surface area contributed by atoms with Crippen LogP contribution in [0.1, 0.15) is 63.2 Å². The van der Waals surface area contributed by atoms with Crippen molar-refractivity contribution in [3.8, 4) is 0 Å². The monoisotopic (exact) mass is 318 g/mol. The lowest BCUT2D eigenvalue weighted by molar-refractivity contribution is -0.149. The third-order valence-electron chi connectivity index (χ3n) is 8.03. The van der Waals surface area contributed by atoms with E-state index in [-0.39, 0.29) is 24.0 Å². The Morgan fingerprint density at radius 2 is 2.00 bits per heavy atom. The van der Waals surface area contributed by atoms with E-state index in [4.69, 9.17) is 4.42 Å². The van der Waals surface area contributed by atoms with E-state index in [2.05, 4.69) is 19.9 Å². The van der Waals surface area contributed by atoms with Crippen molar-refractivity contribution < 1.29 is 14.6 Å². The van der Waals surface area contributed by atoms with Gasteiger partial charge in [-0.05, 0) is 66.4 Å². The summed E-state index contributed by atoms with van der Waals surface area (Å²) in [6, 6.07) is 2.16. The van der Waals surface area contributed by atoms with Crippen molar-refractivity contribution in [2.24, 2.45) is 28.6 Å². The molecule has 2 fully saturated rings. The Morgan fingerprint density at radius 3 is 2.74 bits per heavy atom. The van der Waals surface area contributed by atoms with E-state index in [1.165, 1.54) is 24.2 Å². The topological polar surface area (TPSA) is 53.6 Å². The molecule has 3 nitrogen and oxygen atoms in total. The van der Waals surface area contributed by atoms with Gasteiger partial charge in [0.2, 0.25) is 0 Å². The van der Waals surface area contributed by atoms with Gasteiger partial charge in [-0.25, -0.2) is 0 Å². The lowest BCUT2D eigenvalue weighted by Gasteiger charge is -2.61. The van der Waals surface area contributed by atoms with Crippen LogP contribution in [0.4, 0.5) is 0 Å². The van der Waals surface area contributed by atoms with Crippen LogP contribution in [0.15, 0.2) is 16.7 Å². The summed E-state index contributed by atoms with van der Waals surface area (Å²) in [6.45, 7) is 5.06. The van der Waals surface area contributed by atoms with Crippen LogP contribution >= 0.6 is 0 Å². The molecular formula is C20H30O3. The predicted molar refractivity (Wildman–Crippen MR) is 89.1 cm³/mol. The minimum absolute atomic E-state index is 0.128. The summed E-state index contributed by atoms with van der Waals surface area (Å²) in [7, 11) is 0. The first kappa shape index (κ1) is 15.7. The van der Waals surface area contributed by atoms with Gasteiger partial charge in [0, 0.05) is 11.8 Å². The maximum absolute atomic E-state index is 10.1. The van der Waals surface area contributed by atoms with Crippen LogP contribution in [-0.4, -0.2) is 23.4 Å². The largest absolute Gasteiger partial charge is 0.469 e. The Kier molecular flexibility index (Phi) is 3.66. The summed E-state index contributed by atoms with van der Waals surface area (Å²) in [5, 5.41) is 20.2. The van der Waals surface area contributed by atoms with Crippen LogP contribution in [-0.2, 0) is 6.42 Å². The summed E-state index contributed by atoms with van der Waals surface area (Å²) in [5.74, 6) is 3.52. The van der Waals surface area contributed by atoms with E-state index in [1.807, 2.05) is 6.26 Å². The minimum Gasteiger partial charge on any atom is -0.469 e. The number of hydrogen-bond donors (Lipinski definition) is 2. The molecule has 23 heavy (non-hydrogen) atoms. The molecule has 1 aromatic rings. The number of fused-ring (bicyclic) bond motifs is 4. The van der Waals surface area contributed by atoms with Gasteiger partial charge in [-0.2, -0.15) is 0 Å². The molecule has 3 heteroatoms. The molecule has 2 saturated carbocycles. The fraction of sp³-hybridized carbons (Fsp3) is 0.800. The first-order valence-electron chi connectivity index (χ1n) is 9.34. The SMILES string of the molecule is C[C@H]1c2ccoc2C[C@H]2[C@H]1CC[C@H]1C(CO)(CO)CCC[C@]21C. The fourth-order valence-electron chi connectivity index (χ4n) is 6.76. The van der Waals surface area contributed by atoms with Gasteiger partial charge in [0.05, 0.1) is 19.5 Å². The van der Waals surface area contributed by atoms with Gasteiger partial charge in [-0.3, -0.25) is 0 Å². The molecular weight excluding hydrogens is 288 g/mol. The second-order valence-electron chi connectivity index (χ2n) is 8.73. The van der Waals surface area contributed by atoms with Gasteiger partial charge in [0.15, 0.2) is 0 Å². The second kappa shape index (κ2) is 5.35. The van der Waals surface area contributed by atoms with Crippen LogP contribution in [0.3, 0.4) is 0 Å². The standard InChI is InChI=1S/C20H30O3/c1-13-14-4-5-18-19(2,7-3-8-20(18,11-21)12-22)16(14)10-17-15(13)6-9-23-17/h6,9,13-14,16,18,21-22H,3-5,7-8,10-12H2,1-2H3/t13-,14+,16+,18-,19-/m1/s1. The minimum atomic E-state index is -0.273. The lowest BCUT2D eigenvalue weighted by atomic mass is 9.43. The van der Waals surface area contributed by atoms with Crippen molar-refractivity contribution in [2.75, 3.05) is 13.2 Å². The zero-order valence-electron chi connectivity index (χ0n) is 14.4. The molecule has 1 aromatic heterocycles. The molecule has 3 aliphatic carbocycles. The fourth-order valence-corrected chi connectivity index (χ4v) is 6.76. The zero-order valence-corrected chi connectivity index (χ0v) is 14.4. The Bertz CT molecular complexity index is 573. The number of furan rings is 1. The molecule has 2 N–H and O–H groups in total. The maximum Gasteiger partial charge on any atom is 0.107 e.